The lowest BCUT2D eigenvalue weighted by atomic mass is 9.78. The van der Waals surface area contributed by atoms with Gasteiger partial charge >= 0.3 is 0 Å². The molecule has 122 valence electrons. The van der Waals surface area contributed by atoms with Crippen molar-refractivity contribution in [3.05, 3.63) is 35.9 Å². The van der Waals surface area contributed by atoms with Crippen molar-refractivity contribution >= 4 is 5.91 Å². The van der Waals surface area contributed by atoms with Crippen LogP contribution >= 0.6 is 0 Å². The minimum atomic E-state index is -0.149. The molecule has 1 saturated carbocycles. The molecular formula is C19H30N2O. The average Bonchev–Trinajstić information content (AvgIpc) is 2.52. The summed E-state index contributed by atoms with van der Waals surface area (Å²) < 4.78 is 0. The Labute approximate surface area is 134 Å². The first-order valence-electron chi connectivity index (χ1n) is 8.60. The maximum Gasteiger partial charge on any atom is 0.237 e. The van der Waals surface area contributed by atoms with Crippen LogP contribution in [0.15, 0.2) is 30.3 Å². The molecule has 0 aromatic heterocycles. The molecule has 3 nitrogen and oxygen atoms in total. The Hall–Kier alpha value is -1.35. The van der Waals surface area contributed by atoms with E-state index in [2.05, 4.69) is 24.5 Å². The van der Waals surface area contributed by atoms with Gasteiger partial charge in [-0.15, -0.1) is 0 Å². The summed E-state index contributed by atoms with van der Waals surface area (Å²) in [6.45, 7) is 8.63. The zero-order chi connectivity index (χ0) is 16.1. The van der Waals surface area contributed by atoms with E-state index >= 15 is 0 Å². The van der Waals surface area contributed by atoms with Crippen molar-refractivity contribution in [1.82, 2.24) is 10.6 Å². The van der Waals surface area contributed by atoms with Gasteiger partial charge in [0, 0.05) is 6.04 Å². The Morgan fingerprint density at radius 1 is 1.14 bits per heavy atom. The lowest BCUT2D eigenvalue weighted by molar-refractivity contribution is -0.123. The van der Waals surface area contributed by atoms with E-state index < -0.39 is 0 Å². The fourth-order valence-electron chi connectivity index (χ4n) is 3.38. The van der Waals surface area contributed by atoms with E-state index in [9.17, 15) is 4.79 Å². The quantitative estimate of drug-likeness (QED) is 0.871. The summed E-state index contributed by atoms with van der Waals surface area (Å²) in [7, 11) is 0. The molecule has 1 aromatic carbocycles. The molecule has 0 spiro atoms. The smallest absolute Gasteiger partial charge is 0.237 e. The van der Waals surface area contributed by atoms with E-state index in [1.807, 2.05) is 44.2 Å². The highest BCUT2D eigenvalue weighted by molar-refractivity contribution is 5.81. The molecule has 0 saturated heterocycles. The Balaban J connectivity index is 1.87. The minimum Gasteiger partial charge on any atom is -0.348 e. The molecule has 1 aromatic rings. The maximum absolute atomic E-state index is 12.4. The zero-order valence-electron chi connectivity index (χ0n) is 14.3. The van der Waals surface area contributed by atoms with Gasteiger partial charge in [-0.1, -0.05) is 57.0 Å². The number of rotatable bonds is 5. The van der Waals surface area contributed by atoms with Crippen LogP contribution in [0.1, 0.15) is 58.6 Å². The largest absolute Gasteiger partial charge is 0.348 e. The maximum atomic E-state index is 12.4. The number of nitrogens with one attached hydrogen (secondary N) is 2. The van der Waals surface area contributed by atoms with Gasteiger partial charge in [0.25, 0.3) is 0 Å². The number of amides is 1. The van der Waals surface area contributed by atoms with Gasteiger partial charge in [-0.05, 0) is 37.7 Å². The summed E-state index contributed by atoms with van der Waals surface area (Å²) in [5.74, 6) is 1.46. The first-order chi connectivity index (χ1) is 10.5. The van der Waals surface area contributed by atoms with Crippen molar-refractivity contribution in [3.8, 4) is 0 Å². The highest BCUT2D eigenvalue weighted by atomic mass is 16.2. The lowest BCUT2D eigenvalue weighted by Crippen LogP contribution is -2.51. The molecule has 0 aliphatic heterocycles. The van der Waals surface area contributed by atoms with E-state index in [1.54, 1.807) is 0 Å². The summed E-state index contributed by atoms with van der Waals surface area (Å²) >= 11 is 0. The molecule has 1 amide bonds. The molecule has 2 rings (SSSR count). The second kappa shape index (κ2) is 7.77. The van der Waals surface area contributed by atoms with Gasteiger partial charge in [0.2, 0.25) is 5.91 Å². The van der Waals surface area contributed by atoms with Crippen molar-refractivity contribution in [3.63, 3.8) is 0 Å². The fraction of sp³-hybridized carbons (Fsp3) is 0.632. The molecule has 3 heteroatoms. The van der Waals surface area contributed by atoms with Gasteiger partial charge in [0.15, 0.2) is 0 Å². The van der Waals surface area contributed by atoms with Crippen molar-refractivity contribution in [2.45, 2.75) is 65.1 Å². The molecular weight excluding hydrogens is 272 g/mol. The van der Waals surface area contributed by atoms with Crippen LogP contribution in [0.5, 0.6) is 0 Å². The van der Waals surface area contributed by atoms with Crippen LogP contribution in [0.2, 0.25) is 0 Å². The predicted octanol–water partition coefficient (Wildman–Crippen LogP) is 3.67. The third kappa shape index (κ3) is 4.33. The molecule has 22 heavy (non-hydrogen) atoms. The standard InChI is InChI=1S/C19H30N2O/c1-13-9-8-12-18(14(13)2)20-16(4)19(22)21-15(3)17-10-6-5-7-11-17/h5-7,10-11,13-16,18,20H,8-9,12H2,1-4H3,(H,21,22). The first-order valence-corrected chi connectivity index (χ1v) is 8.60. The van der Waals surface area contributed by atoms with Crippen LogP contribution in [-0.2, 0) is 4.79 Å². The number of carbonyl (C=O) groups is 1. The van der Waals surface area contributed by atoms with Crippen molar-refractivity contribution in [1.29, 1.82) is 0 Å². The first kappa shape index (κ1) is 17.0. The van der Waals surface area contributed by atoms with Crippen LogP contribution < -0.4 is 10.6 Å². The Bertz CT molecular complexity index is 474. The van der Waals surface area contributed by atoms with Crippen molar-refractivity contribution < 1.29 is 4.79 Å². The highest BCUT2D eigenvalue weighted by Gasteiger charge is 2.29. The van der Waals surface area contributed by atoms with Crippen LogP contribution in [0.4, 0.5) is 0 Å². The zero-order valence-corrected chi connectivity index (χ0v) is 14.3. The van der Waals surface area contributed by atoms with Crippen molar-refractivity contribution in [2.75, 3.05) is 0 Å². The Kier molecular flexibility index (Phi) is 6.01. The minimum absolute atomic E-state index is 0.0423. The third-order valence-electron chi connectivity index (χ3n) is 5.22. The molecule has 0 heterocycles. The van der Waals surface area contributed by atoms with Gasteiger partial charge in [-0.3, -0.25) is 4.79 Å². The fourth-order valence-corrected chi connectivity index (χ4v) is 3.38. The van der Waals surface area contributed by atoms with Gasteiger partial charge in [-0.2, -0.15) is 0 Å². The molecule has 1 fully saturated rings. The number of benzene rings is 1. The second-order valence-electron chi connectivity index (χ2n) is 6.90. The summed E-state index contributed by atoms with van der Waals surface area (Å²) in [6, 6.07) is 10.5. The Morgan fingerprint density at radius 2 is 1.82 bits per heavy atom. The summed E-state index contributed by atoms with van der Waals surface area (Å²) in [4.78, 5) is 12.4. The molecule has 5 atom stereocenters. The lowest BCUT2D eigenvalue weighted by Gasteiger charge is -2.36. The summed E-state index contributed by atoms with van der Waals surface area (Å²) in [5.41, 5.74) is 1.14. The third-order valence-corrected chi connectivity index (χ3v) is 5.22. The number of carbonyl (C=O) groups excluding carboxylic acids is 1. The molecule has 0 radical (unpaired) electrons. The summed E-state index contributed by atoms with van der Waals surface area (Å²) in [6.07, 6.45) is 3.75. The van der Waals surface area contributed by atoms with Gasteiger partial charge in [0.05, 0.1) is 12.1 Å². The van der Waals surface area contributed by atoms with Crippen molar-refractivity contribution in [2.24, 2.45) is 11.8 Å². The van der Waals surface area contributed by atoms with Crippen LogP contribution in [0.3, 0.4) is 0 Å². The SMILES string of the molecule is CC(NC1CCCC(C)C1C)C(=O)NC(C)c1ccccc1. The average molecular weight is 302 g/mol. The van der Waals surface area contributed by atoms with E-state index in [-0.39, 0.29) is 18.0 Å². The van der Waals surface area contributed by atoms with Gasteiger partial charge in [0.1, 0.15) is 0 Å². The molecule has 1 aliphatic rings. The van der Waals surface area contributed by atoms with E-state index in [0.717, 1.165) is 11.5 Å². The monoisotopic (exact) mass is 302 g/mol. The second-order valence-corrected chi connectivity index (χ2v) is 6.90. The predicted molar refractivity (Wildman–Crippen MR) is 91.6 cm³/mol. The number of hydrogen-bond donors (Lipinski definition) is 2. The molecule has 1 aliphatic carbocycles. The van der Waals surface area contributed by atoms with Crippen LogP contribution in [0.25, 0.3) is 0 Å². The van der Waals surface area contributed by atoms with Crippen LogP contribution in [-0.4, -0.2) is 18.0 Å². The highest BCUT2D eigenvalue weighted by Crippen LogP contribution is 2.29. The number of hydrogen-bond acceptors (Lipinski definition) is 2. The van der Waals surface area contributed by atoms with Gasteiger partial charge in [-0.25, -0.2) is 0 Å². The summed E-state index contributed by atoms with van der Waals surface area (Å²) in [5, 5.41) is 6.65. The molecule has 5 unspecified atom stereocenters. The van der Waals surface area contributed by atoms with Crippen LogP contribution in [0, 0.1) is 11.8 Å². The van der Waals surface area contributed by atoms with E-state index in [0.29, 0.717) is 12.0 Å². The Morgan fingerprint density at radius 3 is 2.50 bits per heavy atom. The van der Waals surface area contributed by atoms with E-state index in [1.165, 1.54) is 19.3 Å². The molecule has 0 bridgehead atoms. The van der Waals surface area contributed by atoms with Gasteiger partial charge < -0.3 is 10.6 Å². The molecule has 2 N–H and O–H groups in total. The van der Waals surface area contributed by atoms with E-state index in [4.69, 9.17) is 0 Å². The normalized spacial score (nSPS) is 27.9. The topological polar surface area (TPSA) is 41.1 Å².